The molecular formula is C16H14FNO2. The SMILES string of the molecule is COc1ccc(F)c(-c2ccc(CC#N)cc2OC)c1. The maximum atomic E-state index is 14.0. The van der Waals surface area contributed by atoms with Crippen molar-refractivity contribution in [3.8, 4) is 28.7 Å². The van der Waals surface area contributed by atoms with Gasteiger partial charge in [-0.3, -0.25) is 0 Å². The molecule has 0 atom stereocenters. The molecule has 0 aliphatic heterocycles. The summed E-state index contributed by atoms with van der Waals surface area (Å²) < 4.78 is 24.4. The molecule has 102 valence electrons. The molecule has 0 fully saturated rings. The molecule has 2 aromatic carbocycles. The van der Waals surface area contributed by atoms with E-state index in [4.69, 9.17) is 14.7 Å². The smallest absolute Gasteiger partial charge is 0.131 e. The van der Waals surface area contributed by atoms with Gasteiger partial charge in [0, 0.05) is 11.1 Å². The summed E-state index contributed by atoms with van der Waals surface area (Å²) in [5.74, 6) is 0.756. The number of nitriles is 1. The average Bonchev–Trinajstić information content (AvgIpc) is 2.48. The molecule has 2 aromatic rings. The van der Waals surface area contributed by atoms with Crippen LogP contribution >= 0.6 is 0 Å². The average molecular weight is 271 g/mol. The minimum absolute atomic E-state index is 0.289. The molecule has 0 saturated carbocycles. The number of halogens is 1. The van der Waals surface area contributed by atoms with E-state index in [1.54, 1.807) is 30.3 Å². The van der Waals surface area contributed by atoms with Crippen molar-refractivity contribution >= 4 is 0 Å². The van der Waals surface area contributed by atoms with Crippen molar-refractivity contribution in [2.45, 2.75) is 6.42 Å². The minimum atomic E-state index is -0.350. The van der Waals surface area contributed by atoms with Crippen LogP contribution < -0.4 is 9.47 Å². The molecule has 2 rings (SSSR count). The summed E-state index contributed by atoms with van der Waals surface area (Å²) in [6.45, 7) is 0. The topological polar surface area (TPSA) is 42.2 Å². The van der Waals surface area contributed by atoms with Crippen molar-refractivity contribution < 1.29 is 13.9 Å². The van der Waals surface area contributed by atoms with Gasteiger partial charge in [-0.05, 0) is 29.8 Å². The molecule has 0 heterocycles. The Morgan fingerprint density at radius 3 is 2.50 bits per heavy atom. The van der Waals surface area contributed by atoms with Gasteiger partial charge in [-0.2, -0.15) is 5.26 Å². The van der Waals surface area contributed by atoms with Crippen molar-refractivity contribution in [3.63, 3.8) is 0 Å². The first kappa shape index (κ1) is 13.9. The van der Waals surface area contributed by atoms with Crippen LogP contribution in [0.15, 0.2) is 36.4 Å². The second-order valence-electron chi connectivity index (χ2n) is 4.22. The van der Waals surface area contributed by atoms with E-state index in [9.17, 15) is 4.39 Å². The van der Waals surface area contributed by atoms with E-state index in [2.05, 4.69) is 6.07 Å². The zero-order chi connectivity index (χ0) is 14.5. The summed E-state index contributed by atoms with van der Waals surface area (Å²) in [4.78, 5) is 0. The summed E-state index contributed by atoms with van der Waals surface area (Å²) in [5, 5.41) is 8.71. The molecule has 4 heteroatoms. The molecule has 0 saturated heterocycles. The Bertz CT molecular complexity index is 662. The van der Waals surface area contributed by atoms with E-state index >= 15 is 0 Å². The normalized spacial score (nSPS) is 9.90. The van der Waals surface area contributed by atoms with E-state index in [1.165, 1.54) is 20.3 Å². The Hall–Kier alpha value is -2.54. The van der Waals surface area contributed by atoms with Crippen LogP contribution in [0, 0.1) is 17.1 Å². The first-order valence-corrected chi connectivity index (χ1v) is 6.07. The fraction of sp³-hybridized carbons (Fsp3) is 0.188. The molecule has 0 bridgehead atoms. The highest BCUT2D eigenvalue weighted by Gasteiger charge is 2.12. The van der Waals surface area contributed by atoms with E-state index in [0.29, 0.717) is 22.6 Å². The lowest BCUT2D eigenvalue weighted by Crippen LogP contribution is -1.94. The lowest BCUT2D eigenvalue weighted by molar-refractivity contribution is 0.412. The molecule has 20 heavy (non-hydrogen) atoms. The number of benzene rings is 2. The number of methoxy groups -OCH3 is 2. The molecule has 0 unspecified atom stereocenters. The number of ether oxygens (including phenoxy) is 2. The maximum Gasteiger partial charge on any atom is 0.131 e. The highest BCUT2D eigenvalue weighted by atomic mass is 19.1. The Morgan fingerprint density at radius 2 is 1.85 bits per heavy atom. The molecule has 0 spiro atoms. The van der Waals surface area contributed by atoms with Crippen LogP contribution in [0.5, 0.6) is 11.5 Å². The molecule has 0 aromatic heterocycles. The third-order valence-electron chi connectivity index (χ3n) is 3.01. The van der Waals surface area contributed by atoms with Gasteiger partial charge in [0.1, 0.15) is 17.3 Å². The van der Waals surface area contributed by atoms with Crippen molar-refractivity contribution in [1.29, 1.82) is 5.26 Å². The van der Waals surface area contributed by atoms with Crippen LogP contribution in [0.1, 0.15) is 5.56 Å². The maximum absolute atomic E-state index is 14.0. The Labute approximate surface area is 117 Å². The Kier molecular flexibility index (Phi) is 4.21. The lowest BCUT2D eigenvalue weighted by Gasteiger charge is -2.12. The van der Waals surface area contributed by atoms with Gasteiger partial charge in [0.2, 0.25) is 0 Å². The molecule has 0 amide bonds. The predicted octanol–water partition coefficient (Wildman–Crippen LogP) is 3.58. The zero-order valence-electron chi connectivity index (χ0n) is 11.3. The quantitative estimate of drug-likeness (QED) is 0.853. The fourth-order valence-electron chi connectivity index (χ4n) is 2.00. The third-order valence-corrected chi connectivity index (χ3v) is 3.01. The van der Waals surface area contributed by atoms with Gasteiger partial charge < -0.3 is 9.47 Å². The van der Waals surface area contributed by atoms with Crippen LogP contribution in [-0.2, 0) is 6.42 Å². The summed E-state index contributed by atoms with van der Waals surface area (Å²) in [6, 6.07) is 11.9. The summed E-state index contributed by atoms with van der Waals surface area (Å²) in [7, 11) is 3.05. The first-order chi connectivity index (χ1) is 9.69. The van der Waals surface area contributed by atoms with Gasteiger partial charge in [0.15, 0.2) is 0 Å². The van der Waals surface area contributed by atoms with Crippen molar-refractivity contribution in [2.24, 2.45) is 0 Å². The van der Waals surface area contributed by atoms with Gasteiger partial charge in [0.05, 0.1) is 26.7 Å². The van der Waals surface area contributed by atoms with Crippen LogP contribution in [-0.4, -0.2) is 14.2 Å². The minimum Gasteiger partial charge on any atom is -0.497 e. The Morgan fingerprint density at radius 1 is 1.05 bits per heavy atom. The van der Waals surface area contributed by atoms with Gasteiger partial charge in [-0.1, -0.05) is 12.1 Å². The fourth-order valence-corrected chi connectivity index (χ4v) is 2.00. The molecule has 0 aliphatic rings. The standard InChI is InChI=1S/C16H14FNO2/c1-19-12-4-6-15(17)14(10-12)13-5-3-11(7-8-18)9-16(13)20-2/h3-6,9-10H,7H2,1-2H3. The van der Waals surface area contributed by atoms with E-state index in [1.807, 2.05) is 0 Å². The van der Waals surface area contributed by atoms with Crippen molar-refractivity contribution in [3.05, 3.63) is 47.8 Å². The van der Waals surface area contributed by atoms with E-state index in [-0.39, 0.29) is 12.2 Å². The van der Waals surface area contributed by atoms with E-state index < -0.39 is 0 Å². The van der Waals surface area contributed by atoms with Gasteiger partial charge in [-0.25, -0.2) is 4.39 Å². The van der Waals surface area contributed by atoms with Crippen LogP contribution in [0.3, 0.4) is 0 Å². The second kappa shape index (κ2) is 6.07. The predicted molar refractivity (Wildman–Crippen MR) is 74.3 cm³/mol. The van der Waals surface area contributed by atoms with Gasteiger partial charge in [-0.15, -0.1) is 0 Å². The van der Waals surface area contributed by atoms with Crippen LogP contribution in [0.4, 0.5) is 4.39 Å². The summed E-state index contributed by atoms with van der Waals surface area (Å²) in [6.07, 6.45) is 0.289. The summed E-state index contributed by atoms with van der Waals surface area (Å²) in [5.41, 5.74) is 1.87. The number of hydrogen-bond donors (Lipinski definition) is 0. The number of nitrogens with zero attached hydrogens (tertiary/aromatic N) is 1. The zero-order valence-corrected chi connectivity index (χ0v) is 11.3. The summed E-state index contributed by atoms with van der Waals surface area (Å²) >= 11 is 0. The highest BCUT2D eigenvalue weighted by molar-refractivity contribution is 5.72. The van der Waals surface area contributed by atoms with Crippen molar-refractivity contribution in [2.75, 3.05) is 14.2 Å². The largest absolute Gasteiger partial charge is 0.497 e. The Balaban J connectivity index is 2.54. The third kappa shape index (κ3) is 2.72. The van der Waals surface area contributed by atoms with Gasteiger partial charge >= 0.3 is 0 Å². The molecule has 0 N–H and O–H groups in total. The van der Waals surface area contributed by atoms with Crippen LogP contribution in [0.25, 0.3) is 11.1 Å². The molecule has 0 radical (unpaired) electrons. The monoisotopic (exact) mass is 271 g/mol. The van der Waals surface area contributed by atoms with Crippen LogP contribution in [0.2, 0.25) is 0 Å². The molecular weight excluding hydrogens is 257 g/mol. The second-order valence-corrected chi connectivity index (χ2v) is 4.22. The highest BCUT2D eigenvalue weighted by Crippen LogP contribution is 2.34. The molecule has 3 nitrogen and oxygen atoms in total. The molecule has 0 aliphatic carbocycles. The van der Waals surface area contributed by atoms with E-state index in [0.717, 1.165) is 5.56 Å². The lowest BCUT2D eigenvalue weighted by atomic mass is 10.0. The number of hydrogen-bond acceptors (Lipinski definition) is 3. The first-order valence-electron chi connectivity index (χ1n) is 6.07. The van der Waals surface area contributed by atoms with Crippen molar-refractivity contribution in [1.82, 2.24) is 0 Å². The van der Waals surface area contributed by atoms with Gasteiger partial charge in [0.25, 0.3) is 0 Å². The number of rotatable bonds is 4.